The summed E-state index contributed by atoms with van der Waals surface area (Å²) in [5, 5.41) is 20.4. The summed E-state index contributed by atoms with van der Waals surface area (Å²) in [5.74, 6) is -0.364. The van der Waals surface area contributed by atoms with Gasteiger partial charge in [-0.1, -0.05) is 25.0 Å². The van der Waals surface area contributed by atoms with Crippen molar-refractivity contribution in [3.05, 3.63) is 35.7 Å². The molecule has 38 heavy (non-hydrogen) atoms. The number of fused-ring (bicyclic) bond motifs is 2. The molecule has 3 N–H and O–H groups in total. The second-order valence-corrected chi connectivity index (χ2v) is 15.5. The van der Waals surface area contributed by atoms with Gasteiger partial charge in [-0.3, -0.25) is 14.3 Å². The number of amides is 2. The molecule has 5 rings (SSSR count). The van der Waals surface area contributed by atoms with E-state index in [4.69, 9.17) is 4.74 Å². The number of rotatable bonds is 7. The molecule has 0 bridgehead atoms. The molecule has 0 unspecified atom stereocenters. The molecule has 10 nitrogen and oxygen atoms in total. The highest BCUT2D eigenvalue weighted by molar-refractivity contribution is 6.71. The molecule has 1 spiro atoms. The molecule has 2 amide bonds. The van der Waals surface area contributed by atoms with Crippen LogP contribution in [0, 0.1) is 5.92 Å². The van der Waals surface area contributed by atoms with Crippen molar-refractivity contribution in [1.82, 2.24) is 15.0 Å². The van der Waals surface area contributed by atoms with Gasteiger partial charge in [0.1, 0.15) is 0 Å². The molecule has 0 aliphatic carbocycles. The van der Waals surface area contributed by atoms with E-state index in [1.165, 1.54) is 0 Å². The van der Waals surface area contributed by atoms with Crippen LogP contribution in [0.25, 0.3) is 0 Å². The van der Waals surface area contributed by atoms with E-state index in [9.17, 15) is 19.5 Å². The number of aromatic nitrogens is 3. The standard InChI is InChI=1S/C27H39N5O5Si/c1-18-25(38(2,3)36)23(11-14-31-17-19(12-15-33)29-30-31)37-27(18)21-16-20(9-10-22(21)28-26(27)35)32-13-7-5-4-6-8-24(32)34/h9-10,16-18,23,25,33,36H,4-8,11-15H2,1-3H3,(H,28,35)/t18-,23+,25-,27+/m1/s1. The minimum absolute atomic E-state index is 0.0103. The minimum atomic E-state index is -2.76. The normalized spacial score (nSPS) is 27.9. The molecule has 4 heterocycles. The molecule has 2 saturated heterocycles. The van der Waals surface area contributed by atoms with Crippen LogP contribution < -0.4 is 10.2 Å². The lowest BCUT2D eigenvalue weighted by Crippen LogP contribution is -2.43. The smallest absolute Gasteiger partial charge is 0.261 e. The number of anilines is 2. The Hall–Kier alpha value is -2.60. The number of hydrogen-bond acceptors (Lipinski definition) is 7. The van der Waals surface area contributed by atoms with Crippen molar-refractivity contribution in [2.24, 2.45) is 5.92 Å². The van der Waals surface area contributed by atoms with E-state index in [2.05, 4.69) is 15.6 Å². The van der Waals surface area contributed by atoms with Crippen LogP contribution in [-0.4, -0.2) is 64.3 Å². The summed E-state index contributed by atoms with van der Waals surface area (Å²) in [6.07, 6.45) is 7.02. The van der Waals surface area contributed by atoms with Gasteiger partial charge >= 0.3 is 0 Å². The van der Waals surface area contributed by atoms with Crippen molar-refractivity contribution in [2.75, 3.05) is 23.4 Å². The Balaban J connectivity index is 1.46. The number of carbonyl (C=O) groups is 2. The maximum Gasteiger partial charge on any atom is 0.261 e. The van der Waals surface area contributed by atoms with E-state index in [0.29, 0.717) is 43.7 Å². The molecule has 0 saturated carbocycles. The molecule has 1 aromatic heterocycles. The van der Waals surface area contributed by atoms with Crippen LogP contribution in [0.1, 0.15) is 56.7 Å². The van der Waals surface area contributed by atoms with Crippen molar-refractivity contribution in [2.45, 2.75) is 88.8 Å². The highest BCUT2D eigenvalue weighted by atomic mass is 28.4. The van der Waals surface area contributed by atoms with E-state index in [1.807, 2.05) is 49.3 Å². The van der Waals surface area contributed by atoms with Gasteiger partial charge in [-0.2, -0.15) is 0 Å². The van der Waals surface area contributed by atoms with Crippen molar-refractivity contribution in [1.29, 1.82) is 0 Å². The quantitative estimate of drug-likeness (QED) is 0.460. The zero-order chi connectivity index (χ0) is 27.1. The van der Waals surface area contributed by atoms with E-state index in [-0.39, 0.29) is 36.0 Å². The summed E-state index contributed by atoms with van der Waals surface area (Å²) in [7, 11) is -2.76. The fourth-order valence-electron chi connectivity index (χ4n) is 6.69. The molecule has 1 aromatic carbocycles. The average molecular weight is 542 g/mol. The third-order valence-corrected chi connectivity index (χ3v) is 11.0. The first kappa shape index (κ1) is 27.0. The van der Waals surface area contributed by atoms with Crippen LogP contribution in [0.5, 0.6) is 0 Å². The Kier molecular flexibility index (Phi) is 7.47. The van der Waals surface area contributed by atoms with Crippen molar-refractivity contribution in [3.63, 3.8) is 0 Å². The van der Waals surface area contributed by atoms with Gasteiger partial charge in [0.2, 0.25) is 5.91 Å². The zero-order valence-corrected chi connectivity index (χ0v) is 23.5. The first-order valence-corrected chi connectivity index (χ1v) is 16.8. The average Bonchev–Trinajstić information content (AvgIpc) is 3.50. The number of hydrogen-bond donors (Lipinski definition) is 3. The maximum absolute atomic E-state index is 13.7. The summed E-state index contributed by atoms with van der Waals surface area (Å²) in [4.78, 5) is 39.8. The van der Waals surface area contributed by atoms with Crippen LogP contribution in [0.15, 0.2) is 24.4 Å². The molecule has 3 aliphatic heterocycles. The summed E-state index contributed by atoms with van der Waals surface area (Å²) in [6.45, 7) is 7.01. The van der Waals surface area contributed by atoms with Crippen LogP contribution in [0.2, 0.25) is 18.6 Å². The van der Waals surface area contributed by atoms with E-state index >= 15 is 0 Å². The number of benzene rings is 1. The van der Waals surface area contributed by atoms with E-state index < -0.39 is 13.9 Å². The zero-order valence-electron chi connectivity index (χ0n) is 22.5. The molecule has 2 aromatic rings. The van der Waals surface area contributed by atoms with Gasteiger partial charge < -0.3 is 24.9 Å². The van der Waals surface area contributed by atoms with Crippen molar-refractivity contribution >= 4 is 31.5 Å². The van der Waals surface area contributed by atoms with Crippen LogP contribution in [0.4, 0.5) is 11.4 Å². The van der Waals surface area contributed by atoms with Gasteiger partial charge in [-0.05, 0) is 50.6 Å². The molecular formula is C27H39N5O5Si. The number of ether oxygens (including phenoxy) is 1. The molecule has 4 atom stereocenters. The first-order chi connectivity index (χ1) is 18.1. The van der Waals surface area contributed by atoms with Crippen LogP contribution >= 0.6 is 0 Å². The fraction of sp³-hybridized carbons (Fsp3) is 0.630. The van der Waals surface area contributed by atoms with E-state index in [1.54, 1.807) is 4.68 Å². The van der Waals surface area contributed by atoms with Crippen molar-refractivity contribution in [3.8, 4) is 0 Å². The Morgan fingerprint density at radius 2 is 2.00 bits per heavy atom. The summed E-state index contributed by atoms with van der Waals surface area (Å²) in [5.41, 5.74) is 1.54. The Labute approximate surface area is 224 Å². The Morgan fingerprint density at radius 3 is 2.76 bits per heavy atom. The third kappa shape index (κ3) is 4.81. The van der Waals surface area contributed by atoms with Gasteiger partial charge in [0.15, 0.2) is 13.9 Å². The minimum Gasteiger partial charge on any atom is -0.432 e. The number of nitrogens with zero attached hydrogens (tertiary/aromatic N) is 4. The highest BCUT2D eigenvalue weighted by Crippen LogP contribution is 2.58. The van der Waals surface area contributed by atoms with Gasteiger partial charge in [-0.25, -0.2) is 0 Å². The lowest BCUT2D eigenvalue weighted by atomic mass is 9.82. The second-order valence-electron chi connectivity index (χ2n) is 11.5. The van der Waals surface area contributed by atoms with Crippen LogP contribution in [-0.2, 0) is 32.9 Å². The third-order valence-electron chi connectivity index (χ3n) is 8.45. The monoisotopic (exact) mass is 541 g/mol. The summed E-state index contributed by atoms with van der Waals surface area (Å²) < 4.78 is 8.47. The van der Waals surface area contributed by atoms with Gasteiger partial charge in [0, 0.05) is 67.1 Å². The highest BCUT2D eigenvalue weighted by Gasteiger charge is 2.64. The lowest BCUT2D eigenvalue weighted by molar-refractivity contribution is -0.143. The number of aliphatic hydroxyl groups is 1. The number of aliphatic hydroxyl groups excluding tert-OH is 1. The van der Waals surface area contributed by atoms with E-state index in [0.717, 1.165) is 36.9 Å². The SMILES string of the molecule is C[C@@H]1[C@@H]([Si](C)(C)O)[C@H](CCn2cc(CCO)nn2)O[C@@]12C(=O)Nc1ccc(N3CCCCCCC3=O)cc12. The Bertz CT molecular complexity index is 1200. The summed E-state index contributed by atoms with van der Waals surface area (Å²) in [6, 6.07) is 5.74. The fourth-order valence-corrected chi connectivity index (χ4v) is 9.29. The molecule has 11 heteroatoms. The summed E-state index contributed by atoms with van der Waals surface area (Å²) >= 11 is 0. The predicted octanol–water partition coefficient (Wildman–Crippen LogP) is 2.95. The van der Waals surface area contributed by atoms with Gasteiger partial charge in [0.05, 0.1) is 11.8 Å². The Morgan fingerprint density at radius 1 is 1.21 bits per heavy atom. The first-order valence-electron chi connectivity index (χ1n) is 13.8. The largest absolute Gasteiger partial charge is 0.432 e. The van der Waals surface area contributed by atoms with Gasteiger partial charge in [0.25, 0.3) is 5.91 Å². The topological polar surface area (TPSA) is 130 Å². The number of carbonyl (C=O) groups excluding carboxylic acids is 2. The molecule has 206 valence electrons. The van der Waals surface area contributed by atoms with Gasteiger partial charge in [-0.15, -0.1) is 5.10 Å². The molecule has 2 fully saturated rings. The van der Waals surface area contributed by atoms with Crippen LogP contribution in [0.3, 0.4) is 0 Å². The van der Waals surface area contributed by atoms with Crippen molar-refractivity contribution < 1.29 is 24.2 Å². The molecular weight excluding hydrogens is 502 g/mol. The molecule has 3 aliphatic rings. The molecule has 0 radical (unpaired) electrons. The lowest BCUT2D eigenvalue weighted by Gasteiger charge is -2.32. The predicted molar refractivity (Wildman–Crippen MR) is 145 cm³/mol. The number of nitrogens with one attached hydrogen (secondary N) is 1. The second kappa shape index (κ2) is 10.5. The number of aryl methyl sites for hydroxylation is 1. The maximum atomic E-state index is 13.7.